The Balaban J connectivity index is 1.53. The van der Waals surface area contributed by atoms with E-state index in [4.69, 9.17) is 0 Å². The molecule has 0 saturated heterocycles. The summed E-state index contributed by atoms with van der Waals surface area (Å²) in [4.78, 5) is 0. The Morgan fingerprint density at radius 1 is 0.375 bits per heavy atom. The molecule has 0 heterocycles. The first-order chi connectivity index (χ1) is 15.7. The van der Waals surface area contributed by atoms with Crippen molar-refractivity contribution in [1.82, 2.24) is 0 Å². The molecule has 0 spiro atoms. The van der Waals surface area contributed by atoms with Crippen molar-refractivity contribution in [3.05, 3.63) is 70.8 Å². The first kappa shape index (κ1) is 18.3. The molecule has 2 nitrogen and oxygen atoms in total. The van der Waals surface area contributed by atoms with Gasteiger partial charge in [0.25, 0.3) is 0 Å². The lowest BCUT2D eigenvalue weighted by molar-refractivity contribution is 0.486. The van der Waals surface area contributed by atoms with E-state index >= 15 is 0 Å². The molecule has 7 rings (SSSR count). The standard InChI is InChI=1S/C30H26O2/c31-29-25-13-19-7-3-1-5-17(19)9-21(25)11-23-15-28-24(16-27(23)29)12-22-10-18-6-2-4-8-20(18)14-26(22)30(28)32/h9-16,31-32H,1-8H2. The molecule has 2 aliphatic rings. The zero-order chi connectivity index (χ0) is 21.4. The van der Waals surface area contributed by atoms with Gasteiger partial charge in [0.2, 0.25) is 0 Å². The summed E-state index contributed by atoms with van der Waals surface area (Å²) in [5.41, 5.74) is 5.60. The lowest BCUT2D eigenvalue weighted by Crippen LogP contribution is -2.02. The largest absolute Gasteiger partial charge is 0.507 e. The molecule has 0 amide bonds. The molecule has 0 unspecified atom stereocenters. The van der Waals surface area contributed by atoms with Gasteiger partial charge in [-0.25, -0.2) is 0 Å². The molecule has 5 aromatic rings. The van der Waals surface area contributed by atoms with E-state index in [1.54, 1.807) is 0 Å². The fourth-order valence-electron chi connectivity index (χ4n) is 6.17. The third kappa shape index (κ3) is 2.59. The molecule has 0 saturated carbocycles. The Kier molecular flexibility index (Phi) is 3.79. The number of aryl methyl sites for hydroxylation is 4. The number of aromatic hydroxyl groups is 2. The van der Waals surface area contributed by atoms with Crippen LogP contribution >= 0.6 is 0 Å². The van der Waals surface area contributed by atoms with E-state index in [2.05, 4.69) is 48.5 Å². The van der Waals surface area contributed by atoms with Gasteiger partial charge in [-0.2, -0.15) is 0 Å². The highest BCUT2D eigenvalue weighted by Crippen LogP contribution is 2.42. The van der Waals surface area contributed by atoms with E-state index in [0.29, 0.717) is 11.5 Å². The molecule has 2 heteroatoms. The lowest BCUT2D eigenvalue weighted by atomic mass is 9.87. The smallest absolute Gasteiger partial charge is 0.131 e. The minimum Gasteiger partial charge on any atom is -0.507 e. The van der Waals surface area contributed by atoms with E-state index in [0.717, 1.165) is 68.8 Å². The number of phenolic OH excluding ortho intramolecular Hbond substituents is 2. The van der Waals surface area contributed by atoms with Crippen LogP contribution in [0.5, 0.6) is 11.5 Å². The molecule has 0 fully saturated rings. The van der Waals surface area contributed by atoms with E-state index in [1.165, 1.54) is 47.9 Å². The molecule has 0 aromatic heterocycles. The van der Waals surface area contributed by atoms with Crippen molar-refractivity contribution in [3.63, 3.8) is 0 Å². The summed E-state index contributed by atoms with van der Waals surface area (Å²) in [5.74, 6) is 0.718. The SMILES string of the molecule is Oc1c2cc3c(cc2cc2cc4c(O)c5cc6c(cc5cc4cc12)CCCC6)CCCC3. The van der Waals surface area contributed by atoms with E-state index < -0.39 is 0 Å². The normalized spacial score (nSPS) is 16.0. The Bertz CT molecular complexity index is 1470. The molecule has 5 aromatic carbocycles. The number of hydrogen-bond acceptors (Lipinski definition) is 2. The molecule has 2 aliphatic carbocycles. The van der Waals surface area contributed by atoms with Crippen LogP contribution in [0, 0.1) is 0 Å². The molecule has 0 atom stereocenters. The number of hydrogen-bond donors (Lipinski definition) is 2. The van der Waals surface area contributed by atoms with Crippen molar-refractivity contribution in [2.45, 2.75) is 51.4 Å². The van der Waals surface area contributed by atoms with Crippen molar-refractivity contribution in [3.8, 4) is 11.5 Å². The maximum absolute atomic E-state index is 11.2. The van der Waals surface area contributed by atoms with Gasteiger partial charge in [-0.05, 0) is 132 Å². The van der Waals surface area contributed by atoms with Crippen molar-refractivity contribution in [2.75, 3.05) is 0 Å². The van der Waals surface area contributed by atoms with Crippen LogP contribution in [0.2, 0.25) is 0 Å². The van der Waals surface area contributed by atoms with Gasteiger partial charge in [0, 0.05) is 21.5 Å². The fourth-order valence-corrected chi connectivity index (χ4v) is 6.17. The number of phenols is 2. The Morgan fingerprint density at radius 2 is 0.688 bits per heavy atom. The van der Waals surface area contributed by atoms with E-state index in [-0.39, 0.29) is 0 Å². The predicted octanol–water partition coefficient (Wildman–Crippen LogP) is 7.47. The summed E-state index contributed by atoms with van der Waals surface area (Å²) in [5, 5.41) is 30.2. The van der Waals surface area contributed by atoms with Crippen molar-refractivity contribution in [2.24, 2.45) is 0 Å². The van der Waals surface area contributed by atoms with Crippen LogP contribution in [0.4, 0.5) is 0 Å². The summed E-state index contributed by atoms with van der Waals surface area (Å²) in [6.45, 7) is 0. The highest BCUT2D eigenvalue weighted by atomic mass is 16.3. The maximum atomic E-state index is 11.2. The Morgan fingerprint density at radius 3 is 1.09 bits per heavy atom. The third-order valence-electron chi connectivity index (χ3n) is 7.89. The van der Waals surface area contributed by atoms with Gasteiger partial charge in [-0.15, -0.1) is 0 Å². The summed E-state index contributed by atoms with van der Waals surface area (Å²) >= 11 is 0. The quantitative estimate of drug-likeness (QED) is 0.256. The molecule has 0 radical (unpaired) electrons. The Hall–Kier alpha value is -3.26. The highest BCUT2D eigenvalue weighted by Gasteiger charge is 2.17. The van der Waals surface area contributed by atoms with Crippen LogP contribution in [0.3, 0.4) is 0 Å². The fraction of sp³-hybridized carbons (Fsp3) is 0.267. The number of benzene rings is 5. The lowest BCUT2D eigenvalue weighted by Gasteiger charge is -2.19. The summed E-state index contributed by atoms with van der Waals surface area (Å²) in [7, 11) is 0. The van der Waals surface area contributed by atoms with Gasteiger partial charge in [0.1, 0.15) is 11.5 Å². The van der Waals surface area contributed by atoms with Crippen molar-refractivity contribution >= 4 is 43.1 Å². The van der Waals surface area contributed by atoms with Crippen LogP contribution in [0.15, 0.2) is 48.5 Å². The zero-order valence-electron chi connectivity index (χ0n) is 18.2. The van der Waals surface area contributed by atoms with Crippen LogP contribution in [0.25, 0.3) is 43.1 Å². The van der Waals surface area contributed by atoms with Gasteiger partial charge in [0.05, 0.1) is 0 Å². The second kappa shape index (κ2) is 6.62. The molecular formula is C30H26O2. The van der Waals surface area contributed by atoms with Crippen LogP contribution in [-0.4, -0.2) is 10.2 Å². The molecule has 0 bridgehead atoms. The zero-order valence-corrected chi connectivity index (χ0v) is 18.2. The highest BCUT2D eigenvalue weighted by molar-refractivity contribution is 6.14. The second-order valence-electron chi connectivity index (χ2n) is 9.84. The van der Waals surface area contributed by atoms with Crippen LogP contribution in [0.1, 0.15) is 47.9 Å². The maximum Gasteiger partial charge on any atom is 0.131 e. The summed E-state index contributed by atoms with van der Waals surface area (Å²) in [6, 6.07) is 17.4. The van der Waals surface area contributed by atoms with Gasteiger partial charge in [0.15, 0.2) is 0 Å². The average Bonchev–Trinajstić information content (AvgIpc) is 2.82. The molecule has 32 heavy (non-hydrogen) atoms. The summed E-state index contributed by atoms with van der Waals surface area (Å²) < 4.78 is 0. The molecular weight excluding hydrogens is 392 g/mol. The Labute approximate surface area is 187 Å². The average molecular weight is 419 g/mol. The van der Waals surface area contributed by atoms with Crippen molar-refractivity contribution < 1.29 is 10.2 Å². The van der Waals surface area contributed by atoms with Gasteiger partial charge in [-0.1, -0.05) is 12.1 Å². The monoisotopic (exact) mass is 418 g/mol. The van der Waals surface area contributed by atoms with Gasteiger partial charge >= 0.3 is 0 Å². The minimum atomic E-state index is 0.359. The van der Waals surface area contributed by atoms with E-state index in [1.807, 2.05) is 0 Å². The first-order valence-electron chi connectivity index (χ1n) is 12.0. The predicted molar refractivity (Wildman–Crippen MR) is 133 cm³/mol. The van der Waals surface area contributed by atoms with Gasteiger partial charge < -0.3 is 10.2 Å². The first-order valence-corrected chi connectivity index (χ1v) is 12.0. The number of rotatable bonds is 0. The topological polar surface area (TPSA) is 40.5 Å². The van der Waals surface area contributed by atoms with E-state index in [9.17, 15) is 10.2 Å². The van der Waals surface area contributed by atoms with Crippen molar-refractivity contribution in [1.29, 1.82) is 0 Å². The summed E-state index contributed by atoms with van der Waals surface area (Å²) in [6.07, 6.45) is 9.40. The second-order valence-corrected chi connectivity index (χ2v) is 9.84. The molecule has 2 N–H and O–H groups in total. The molecule has 158 valence electrons. The third-order valence-corrected chi connectivity index (χ3v) is 7.89. The van der Waals surface area contributed by atoms with Crippen LogP contribution in [-0.2, 0) is 25.7 Å². The minimum absolute atomic E-state index is 0.359. The van der Waals surface area contributed by atoms with Crippen LogP contribution < -0.4 is 0 Å². The molecule has 0 aliphatic heterocycles. The number of fused-ring (bicyclic) bond motifs is 6. The van der Waals surface area contributed by atoms with Gasteiger partial charge in [-0.3, -0.25) is 0 Å².